The van der Waals surface area contributed by atoms with E-state index in [1.165, 1.54) is 0 Å². The molecule has 1 aliphatic rings. The largest absolute Gasteiger partial charge is 0.352 e. The summed E-state index contributed by atoms with van der Waals surface area (Å²) in [6.07, 6.45) is 3.45. The average Bonchev–Trinajstić information content (AvgIpc) is 3.21. The van der Waals surface area contributed by atoms with Crippen LogP contribution in [-0.4, -0.2) is 60.7 Å². The fraction of sp³-hybridized carbons (Fsp3) is 0.533. The van der Waals surface area contributed by atoms with Crippen molar-refractivity contribution < 1.29 is 4.52 Å². The van der Waals surface area contributed by atoms with Crippen LogP contribution in [0.3, 0.4) is 0 Å². The first-order valence-electron chi connectivity index (χ1n) is 8.17. The molecule has 0 unspecified atom stereocenters. The van der Waals surface area contributed by atoms with E-state index in [1.807, 2.05) is 17.8 Å². The molecule has 0 saturated carbocycles. The van der Waals surface area contributed by atoms with E-state index in [9.17, 15) is 0 Å². The van der Waals surface area contributed by atoms with Crippen LogP contribution in [-0.2, 0) is 13.1 Å². The number of piperazine rings is 1. The van der Waals surface area contributed by atoms with Crippen molar-refractivity contribution >= 4 is 17.0 Å². The van der Waals surface area contributed by atoms with E-state index in [1.54, 1.807) is 6.33 Å². The lowest BCUT2D eigenvalue weighted by molar-refractivity contribution is 0.215. The Morgan fingerprint density at radius 3 is 2.67 bits per heavy atom. The first-order chi connectivity index (χ1) is 11.7. The summed E-state index contributed by atoms with van der Waals surface area (Å²) >= 11 is 0. The minimum Gasteiger partial charge on any atom is -0.352 e. The van der Waals surface area contributed by atoms with Crippen LogP contribution in [0.15, 0.2) is 17.2 Å². The molecule has 3 aromatic heterocycles. The van der Waals surface area contributed by atoms with E-state index in [0.29, 0.717) is 18.3 Å². The lowest BCUT2D eigenvalue weighted by Gasteiger charge is -2.34. The number of fused-ring (bicyclic) bond motifs is 1. The minimum absolute atomic E-state index is 0.673. The molecule has 0 bridgehead atoms. The molecular weight excluding hydrogens is 308 g/mol. The Balaban J connectivity index is 1.47. The maximum atomic E-state index is 5.20. The van der Waals surface area contributed by atoms with Crippen LogP contribution in [0.2, 0.25) is 0 Å². The second-order valence-electron chi connectivity index (χ2n) is 5.90. The summed E-state index contributed by atoms with van der Waals surface area (Å²) in [4.78, 5) is 22.2. The Morgan fingerprint density at radius 2 is 1.96 bits per heavy atom. The first kappa shape index (κ1) is 15.0. The first-order valence-corrected chi connectivity index (χ1v) is 8.17. The molecule has 1 aliphatic heterocycles. The highest BCUT2D eigenvalue weighted by molar-refractivity contribution is 5.83. The molecule has 24 heavy (non-hydrogen) atoms. The second kappa shape index (κ2) is 6.16. The van der Waals surface area contributed by atoms with Gasteiger partial charge in [-0.2, -0.15) is 4.98 Å². The molecule has 0 spiro atoms. The van der Waals surface area contributed by atoms with Gasteiger partial charge in [0.15, 0.2) is 22.8 Å². The van der Waals surface area contributed by atoms with Crippen LogP contribution in [0.5, 0.6) is 0 Å². The summed E-state index contributed by atoms with van der Waals surface area (Å²) in [6.45, 7) is 9.07. The molecule has 126 valence electrons. The van der Waals surface area contributed by atoms with Crippen LogP contribution < -0.4 is 4.90 Å². The van der Waals surface area contributed by atoms with Gasteiger partial charge in [0.2, 0.25) is 5.89 Å². The average molecular weight is 328 g/mol. The highest BCUT2D eigenvalue weighted by Gasteiger charge is 2.22. The summed E-state index contributed by atoms with van der Waals surface area (Å²) in [5, 5.41) is 3.84. The zero-order chi connectivity index (χ0) is 16.5. The number of imidazole rings is 1. The smallest absolute Gasteiger partial charge is 0.240 e. The molecule has 9 heteroatoms. The van der Waals surface area contributed by atoms with Gasteiger partial charge < -0.3 is 14.0 Å². The molecule has 0 aromatic carbocycles. The van der Waals surface area contributed by atoms with Gasteiger partial charge in [-0.15, -0.1) is 0 Å². The zero-order valence-corrected chi connectivity index (χ0v) is 13.9. The topological polar surface area (TPSA) is 89.0 Å². The number of rotatable bonds is 4. The lowest BCUT2D eigenvalue weighted by atomic mass is 10.3. The molecule has 4 heterocycles. The Labute approximate surface area is 139 Å². The molecule has 0 amide bonds. The number of nitrogens with zero attached hydrogens (tertiary/aromatic N) is 8. The summed E-state index contributed by atoms with van der Waals surface area (Å²) < 4.78 is 7.24. The molecule has 1 fully saturated rings. The van der Waals surface area contributed by atoms with Gasteiger partial charge in [-0.05, 0) is 13.8 Å². The third kappa shape index (κ3) is 2.71. The van der Waals surface area contributed by atoms with Gasteiger partial charge >= 0.3 is 0 Å². The fourth-order valence-corrected chi connectivity index (χ4v) is 3.04. The predicted molar refractivity (Wildman–Crippen MR) is 87.5 cm³/mol. The number of anilines is 1. The van der Waals surface area contributed by atoms with Crippen molar-refractivity contribution in [2.24, 2.45) is 0 Å². The number of hydrogen-bond acceptors (Lipinski definition) is 8. The van der Waals surface area contributed by atoms with Gasteiger partial charge in [0, 0.05) is 32.7 Å². The molecule has 0 atom stereocenters. The quantitative estimate of drug-likeness (QED) is 0.697. The van der Waals surface area contributed by atoms with Gasteiger partial charge in [-0.3, -0.25) is 4.90 Å². The zero-order valence-electron chi connectivity index (χ0n) is 13.9. The van der Waals surface area contributed by atoms with Crippen molar-refractivity contribution in [2.45, 2.75) is 26.9 Å². The van der Waals surface area contributed by atoms with Crippen molar-refractivity contribution in [2.75, 3.05) is 31.1 Å². The molecule has 1 saturated heterocycles. The maximum absolute atomic E-state index is 5.20. The number of aryl methyl sites for hydroxylation is 2. The van der Waals surface area contributed by atoms with Crippen molar-refractivity contribution in [3.8, 4) is 0 Å². The molecule has 0 aliphatic carbocycles. The Bertz CT molecular complexity index is 833. The molecule has 3 aromatic rings. The highest BCUT2D eigenvalue weighted by atomic mass is 16.5. The van der Waals surface area contributed by atoms with Crippen LogP contribution in [0, 0.1) is 6.92 Å². The minimum atomic E-state index is 0.673. The third-order valence-corrected chi connectivity index (χ3v) is 4.32. The standard InChI is InChI=1S/C15H20N8O/c1-3-22-10-18-13-14(22)16-9-17-15(13)23-6-4-21(5-7-23)8-12-19-11(2)20-24-12/h9-10H,3-8H2,1-2H3. The van der Waals surface area contributed by atoms with Gasteiger partial charge in [-0.25, -0.2) is 15.0 Å². The van der Waals surface area contributed by atoms with Crippen molar-refractivity contribution in [1.82, 2.24) is 34.6 Å². The summed E-state index contributed by atoms with van der Waals surface area (Å²) in [5.41, 5.74) is 1.77. The van der Waals surface area contributed by atoms with Crippen LogP contribution in [0.4, 0.5) is 5.82 Å². The van der Waals surface area contributed by atoms with E-state index in [-0.39, 0.29) is 0 Å². The van der Waals surface area contributed by atoms with E-state index < -0.39 is 0 Å². The predicted octanol–water partition coefficient (Wildman–Crippen LogP) is 0.860. The number of hydrogen-bond donors (Lipinski definition) is 0. The monoisotopic (exact) mass is 328 g/mol. The van der Waals surface area contributed by atoms with E-state index in [0.717, 1.165) is 49.7 Å². The SMILES string of the molecule is CCn1cnc2c(N3CCN(Cc4nc(C)no4)CC3)ncnc21. The van der Waals surface area contributed by atoms with Crippen LogP contribution in [0.1, 0.15) is 18.6 Å². The van der Waals surface area contributed by atoms with E-state index >= 15 is 0 Å². The van der Waals surface area contributed by atoms with Gasteiger partial charge in [0.05, 0.1) is 12.9 Å². The Kier molecular flexibility index (Phi) is 3.85. The normalized spacial score (nSPS) is 16.2. The molecule has 0 N–H and O–H groups in total. The van der Waals surface area contributed by atoms with Gasteiger partial charge in [0.25, 0.3) is 0 Å². The fourth-order valence-electron chi connectivity index (χ4n) is 3.04. The van der Waals surface area contributed by atoms with Gasteiger partial charge in [-0.1, -0.05) is 5.16 Å². The van der Waals surface area contributed by atoms with Crippen LogP contribution >= 0.6 is 0 Å². The van der Waals surface area contributed by atoms with E-state index in [4.69, 9.17) is 4.52 Å². The van der Waals surface area contributed by atoms with Crippen molar-refractivity contribution in [1.29, 1.82) is 0 Å². The van der Waals surface area contributed by atoms with Crippen LogP contribution in [0.25, 0.3) is 11.2 Å². The van der Waals surface area contributed by atoms with Crippen molar-refractivity contribution in [3.05, 3.63) is 24.4 Å². The molecular formula is C15H20N8O. The summed E-state index contributed by atoms with van der Waals surface area (Å²) in [7, 11) is 0. The second-order valence-corrected chi connectivity index (χ2v) is 5.90. The highest BCUT2D eigenvalue weighted by Crippen LogP contribution is 2.22. The Hall–Kier alpha value is -2.55. The van der Waals surface area contributed by atoms with Gasteiger partial charge in [0.1, 0.15) is 6.33 Å². The molecule has 4 rings (SSSR count). The Morgan fingerprint density at radius 1 is 1.12 bits per heavy atom. The third-order valence-electron chi connectivity index (χ3n) is 4.32. The van der Waals surface area contributed by atoms with E-state index in [2.05, 4.69) is 41.8 Å². The molecule has 9 nitrogen and oxygen atoms in total. The maximum Gasteiger partial charge on any atom is 0.240 e. The van der Waals surface area contributed by atoms with Crippen molar-refractivity contribution in [3.63, 3.8) is 0 Å². The molecule has 0 radical (unpaired) electrons. The number of aromatic nitrogens is 6. The summed E-state index contributed by atoms with van der Waals surface area (Å²) in [6, 6.07) is 0. The lowest BCUT2D eigenvalue weighted by Crippen LogP contribution is -2.46. The summed E-state index contributed by atoms with van der Waals surface area (Å²) in [5.74, 6) is 2.27.